The number of rotatable bonds is 8. The predicted molar refractivity (Wildman–Crippen MR) is 117 cm³/mol. The zero-order valence-electron chi connectivity index (χ0n) is 16.3. The lowest BCUT2D eigenvalue weighted by Gasteiger charge is -2.29. The standard InChI is InChI=1S/C19H32N4O3.HI/c1-24-12-7-21-19(20-6-4-18-3-2-11-26-18)23-8-5-17(16-23)15-22-9-13-25-14-10-22;/h2-3,11,17H,4-10,12-16H2,1H3,(H,20,21);1H. The fourth-order valence-electron chi connectivity index (χ4n) is 3.59. The molecule has 2 aliphatic rings. The maximum absolute atomic E-state index is 5.45. The minimum atomic E-state index is 0. The van der Waals surface area contributed by atoms with Gasteiger partial charge in [0, 0.05) is 52.8 Å². The van der Waals surface area contributed by atoms with Crippen LogP contribution in [-0.4, -0.2) is 88.5 Å². The summed E-state index contributed by atoms with van der Waals surface area (Å²) in [5, 5.41) is 3.51. The highest BCUT2D eigenvalue weighted by molar-refractivity contribution is 14.0. The highest BCUT2D eigenvalue weighted by Crippen LogP contribution is 2.18. The molecule has 27 heavy (non-hydrogen) atoms. The second-order valence-corrected chi connectivity index (χ2v) is 6.97. The lowest BCUT2D eigenvalue weighted by atomic mass is 10.1. The first-order chi connectivity index (χ1) is 12.8. The number of nitrogens with zero attached hydrogens (tertiary/aromatic N) is 3. The average molecular weight is 492 g/mol. The van der Waals surface area contributed by atoms with E-state index in [0.29, 0.717) is 19.1 Å². The van der Waals surface area contributed by atoms with Crippen LogP contribution < -0.4 is 5.32 Å². The highest BCUT2D eigenvalue weighted by Gasteiger charge is 2.27. The minimum Gasteiger partial charge on any atom is -0.469 e. The van der Waals surface area contributed by atoms with E-state index >= 15 is 0 Å². The van der Waals surface area contributed by atoms with Crippen molar-refractivity contribution in [2.75, 3.05) is 72.7 Å². The third-order valence-corrected chi connectivity index (χ3v) is 5.00. The van der Waals surface area contributed by atoms with Crippen LogP contribution in [0.4, 0.5) is 0 Å². The normalized spacial score (nSPS) is 21.3. The first kappa shape index (κ1) is 22.4. The molecule has 0 amide bonds. The Bertz CT molecular complexity index is 535. The second-order valence-electron chi connectivity index (χ2n) is 6.97. The van der Waals surface area contributed by atoms with Gasteiger partial charge in [-0.2, -0.15) is 0 Å². The second kappa shape index (κ2) is 12.6. The SMILES string of the molecule is COCCN=C(NCCc1ccco1)N1CCC(CN2CCOCC2)C1.I. The largest absolute Gasteiger partial charge is 0.469 e. The van der Waals surface area contributed by atoms with Gasteiger partial charge in [0.15, 0.2) is 5.96 Å². The zero-order valence-corrected chi connectivity index (χ0v) is 18.6. The molecule has 8 heteroatoms. The fraction of sp³-hybridized carbons (Fsp3) is 0.737. The quantitative estimate of drug-likeness (QED) is 0.258. The van der Waals surface area contributed by atoms with E-state index < -0.39 is 0 Å². The van der Waals surface area contributed by atoms with Crippen molar-refractivity contribution in [1.82, 2.24) is 15.1 Å². The summed E-state index contributed by atoms with van der Waals surface area (Å²) in [6, 6.07) is 3.94. The van der Waals surface area contributed by atoms with Gasteiger partial charge >= 0.3 is 0 Å². The highest BCUT2D eigenvalue weighted by atomic mass is 127. The van der Waals surface area contributed by atoms with Gasteiger partial charge in [-0.25, -0.2) is 0 Å². The van der Waals surface area contributed by atoms with Gasteiger partial charge in [-0.1, -0.05) is 0 Å². The molecule has 0 aromatic carbocycles. The molecule has 0 radical (unpaired) electrons. The molecular formula is C19H33IN4O3. The number of methoxy groups -OCH3 is 1. The van der Waals surface area contributed by atoms with E-state index in [-0.39, 0.29) is 24.0 Å². The van der Waals surface area contributed by atoms with Gasteiger partial charge in [0.05, 0.1) is 32.6 Å². The molecule has 0 spiro atoms. The minimum absolute atomic E-state index is 0. The van der Waals surface area contributed by atoms with Crippen LogP contribution in [-0.2, 0) is 15.9 Å². The summed E-state index contributed by atoms with van der Waals surface area (Å²) >= 11 is 0. The molecular weight excluding hydrogens is 459 g/mol. The molecule has 1 atom stereocenters. The number of nitrogens with one attached hydrogen (secondary N) is 1. The molecule has 1 unspecified atom stereocenters. The number of hydrogen-bond donors (Lipinski definition) is 1. The number of hydrogen-bond acceptors (Lipinski definition) is 5. The summed E-state index contributed by atoms with van der Waals surface area (Å²) in [6.45, 7) is 9.31. The summed E-state index contributed by atoms with van der Waals surface area (Å²) in [4.78, 5) is 9.66. The van der Waals surface area contributed by atoms with Crippen LogP contribution in [0.3, 0.4) is 0 Å². The molecule has 1 N–H and O–H groups in total. The summed E-state index contributed by atoms with van der Waals surface area (Å²) in [5.74, 6) is 2.70. The third kappa shape index (κ3) is 7.59. The molecule has 0 saturated carbocycles. The average Bonchev–Trinajstić information content (AvgIpc) is 3.34. The summed E-state index contributed by atoms with van der Waals surface area (Å²) in [6.07, 6.45) is 3.81. The zero-order chi connectivity index (χ0) is 18.0. The van der Waals surface area contributed by atoms with Gasteiger partial charge in [-0.15, -0.1) is 24.0 Å². The van der Waals surface area contributed by atoms with E-state index in [1.165, 1.54) is 6.42 Å². The Morgan fingerprint density at radius 2 is 2.19 bits per heavy atom. The molecule has 0 bridgehead atoms. The summed E-state index contributed by atoms with van der Waals surface area (Å²) in [5.41, 5.74) is 0. The van der Waals surface area contributed by atoms with Crippen LogP contribution in [0.5, 0.6) is 0 Å². The molecule has 7 nitrogen and oxygen atoms in total. The van der Waals surface area contributed by atoms with Crippen LogP contribution in [0, 0.1) is 5.92 Å². The molecule has 3 rings (SSSR count). The Morgan fingerprint density at radius 3 is 2.93 bits per heavy atom. The predicted octanol–water partition coefficient (Wildman–Crippen LogP) is 1.69. The van der Waals surface area contributed by atoms with Crippen molar-refractivity contribution in [3.8, 4) is 0 Å². The number of likely N-dealkylation sites (tertiary alicyclic amines) is 1. The van der Waals surface area contributed by atoms with Crippen molar-refractivity contribution in [3.63, 3.8) is 0 Å². The summed E-state index contributed by atoms with van der Waals surface area (Å²) in [7, 11) is 1.72. The maximum Gasteiger partial charge on any atom is 0.194 e. The van der Waals surface area contributed by atoms with Crippen LogP contribution in [0.1, 0.15) is 12.2 Å². The Labute approximate surface area is 179 Å². The molecule has 1 aromatic heterocycles. The van der Waals surface area contributed by atoms with Crippen molar-refractivity contribution in [2.24, 2.45) is 10.9 Å². The van der Waals surface area contributed by atoms with Crippen LogP contribution in [0.25, 0.3) is 0 Å². The Balaban J connectivity index is 0.00000261. The van der Waals surface area contributed by atoms with Gasteiger partial charge in [0.2, 0.25) is 0 Å². The lowest BCUT2D eigenvalue weighted by molar-refractivity contribution is 0.0315. The number of furan rings is 1. The van der Waals surface area contributed by atoms with E-state index in [1.54, 1.807) is 13.4 Å². The first-order valence-electron chi connectivity index (χ1n) is 9.70. The number of guanidine groups is 1. The van der Waals surface area contributed by atoms with Crippen LogP contribution in [0.15, 0.2) is 27.8 Å². The smallest absolute Gasteiger partial charge is 0.194 e. The number of morpholine rings is 1. The van der Waals surface area contributed by atoms with Gasteiger partial charge < -0.3 is 24.1 Å². The van der Waals surface area contributed by atoms with Crippen molar-refractivity contribution in [3.05, 3.63) is 24.2 Å². The van der Waals surface area contributed by atoms with E-state index in [0.717, 1.165) is 70.6 Å². The van der Waals surface area contributed by atoms with Gasteiger partial charge in [0.25, 0.3) is 0 Å². The molecule has 1 aromatic rings. The van der Waals surface area contributed by atoms with Gasteiger partial charge in [-0.05, 0) is 24.5 Å². The molecule has 154 valence electrons. The summed E-state index contributed by atoms with van der Waals surface area (Å²) < 4.78 is 16.0. The Kier molecular flexibility index (Phi) is 10.5. The molecule has 2 saturated heterocycles. The van der Waals surface area contributed by atoms with Crippen LogP contribution >= 0.6 is 24.0 Å². The van der Waals surface area contributed by atoms with E-state index in [9.17, 15) is 0 Å². The Hall–Kier alpha value is -0.840. The lowest BCUT2D eigenvalue weighted by Crippen LogP contribution is -2.43. The van der Waals surface area contributed by atoms with E-state index in [1.807, 2.05) is 12.1 Å². The first-order valence-corrected chi connectivity index (χ1v) is 9.70. The topological polar surface area (TPSA) is 62.5 Å². The van der Waals surface area contributed by atoms with Crippen molar-refractivity contribution < 1.29 is 13.9 Å². The van der Waals surface area contributed by atoms with Crippen molar-refractivity contribution >= 4 is 29.9 Å². The van der Waals surface area contributed by atoms with Crippen LogP contribution in [0.2, 0.25) is 0 Å². The number of halogens is 1. The molecule has 2 fully saturated rings. The number of ether oxygens (including phenoxy) is 2. The molecule has 3 heterocycles. The van der Waals surface area contributed by atoms with E-state index in [2.05, 4.69) is 15.1 Å². The third-order valence-electron chi connectivity index (χ3n) is 5.00. The monoisotopic (exact) mass is 492 g/mol. The molecule has 0 aliphatic carbocycles. The maximum atomic E-state index is 5.45. The van der Waals surface area contributed by atoms with Crippen molar-refractivity contribution in [1.29, 1.82) is 0 Å². The van der Waals surface area contributed by atoms with Gasteiger partial charge in [0.1, 0.15) is 5.76 Å². The number of aliphatic imine (C=N–C) groups is 1. The van der Waals surface area contributed by atoms with Crippen molar-refractivity contribution in [2.45, 2.75) is 12.8 Å². The van der Waals surface area contributed by atoms with E-state index in [4.69, 9.17) is 18.9 Å². The molecule has 2 aliphatic heterocycles. The Morgan fingerprint density at radius 1 is 1.33 bits per heavy atom. The van der Waals surface area contributed by atoms with Gasteiger partial charge in [-0.3, -0.25) is 9.89 Å². The fourth-order valence-corrected chi connectivity index (χ4v) is 3.59.